The average Bonchev–Trinajstić information content (AvgIpc) is 3.05. The molecule has 2 heterocycles. The Bertz CT molecular complexity index is 1330. The lowest BCUT2D eigenvalue weighted by Crippen LogP contribution is -2.15. The summed E-state index contributed by atoms with van der Waals surface area (Å²) >= 11 is 0. The number of amides is 1. The smallest absolute Gasteiger partial charge is 0.230 e. The van der Waals surface area contributed by atoms with Gasteiger partial charge in [-0.25, -0.2) is 0 Å². The van der Waals surface area contributed by atoms with Gasteiger partial charge in [0, 0.05) is 22.9 Å². The molecule has 5 rings (SSSR count). The van der Waals surface area contributed by atoms with Gasteiger partial charge in [-0.05, 0) is 48.0 Å². The number of rotatable bonds is 3. The highest BCUT2D eigenvalue weighted by atomic mass is 16.5. The van der Waals surface area contributed by atoms with Gasteiger partial charge in [0.25, 0.3) is 0 Å². The lowest BCUT2D eigenvalue weighted by atomic mass is 10.1. The Labute approximate surface area is 185 Å². The van der Waals surface area contributed by atoms with Crippen molar-refractivity contribution in [1.29, 1.82) is 0 Å². The fraction of sp³-hybridized carbons (Fsp3) is 0.154. The Balaban J connectivity index is 1.32. The van der Waals surface area contributed by atoms with Gasteiger partial charge in [-0.2, -0.15) is 5.10 Å². The van der Waals surface area contributed by atoms with Crippen molar-refractivity contribution in [2.45, 2.75) is 12.8 Å². The molecule has 0 fully saturated rings. The van der Waals surface area contributed by atoms with Gasteiger partial charge in [0.05, 0.1) is 25.2 Å². The van der Waals surface area contributed by atoms with Crippen LogP contribution in [0.5, 0.6) is 11.5 Å². The number of H-pyrrole nitrogens is 1. The highest BCUT2D eigenvalue weighted by Crippen LogP contribution is 2.30. The van der Waals surface area contributed by atoms with E-state index in [1.54, 1.807) is 0 Å². The molecule has 158 valence electrons. The molecule has 0 spiro atoms. The SMILES string of the molecule is O=C(Cc1ccc2c(c1)OCCCO2)Nc1n[nH]c2ccc(C#Cc3ccccc3)cc12. The van der Waals surface area contributed by atoms with Crippen molar-refractivity contribution in [3.05, 3.63) is 83.4 Å². The van der Waals surface area contributed by atoms with Gasteiger partial charge in [-0.15, -0.1) is 0 Å². The zero-order valence-corrected chi connectivity index (χ0v) is 17.4. The number of benzene rings is 3. The number of carbonyl (C=O) groups excluding carboxylic acids is 1. The molecule has 0 bridgehead atoms. The van der Waals surface area contributed by atoms with E-state index in [1.807, 2.05) is 66.7 Å². The van der Waals surface area contributed by atoms with Crippen LogP contribution in [-0.4, -0.2) is 29.3 Å². The van der Waals surface area contributed by atoms with Gasteiger partial charge in [-0.3, -0.25) is 9.89 Å². The molecule has 0 radical (unpaired) electrons. The van der Waals surface area contributed by atoms with E-state index >= 15 is 0 Å². The molecule has 2 N–H and O–H groups in total. The number of anilines is 1. The summed E-state index contributed by atoms with van der Waals surface area (Å²) in [6, 6.07) is 21.2. The molecule has 0 atom stereocenters. The van der Waals surface area contributed by atoms with E-state index in [4.69, 9.17) is 9.47 Å². The predicted molar refractivity (Wildman–Crippen MR) is 123 cm³/mol. The number of hydrogen-bond donors (Lipinski definition) is 2. The van der Waals surface area contributed by atoms with E-state index in [0.29, 0.717) is 30.5 Å². The largest absolute Gasteiger partial charge is 0.490 e. The minimum Gasteiger partial charge on any atom is -0.490 e. The summed E-state index contributed by atoms with van der Waals surface area (Å²) in [6.07, 6.45) is 1.05. The quantitative estimate of drug-likeness (QED) is 0.482. The first-order chi connectivity index (χ1) is 15.7. The molecular weight excluding hydrogens is 402 g/mol. The third-order valence-electron chi connectivity index (χ3n) is 5.12. The third-order valence-corrected chi connectivity index (χ3v) is 5.12. The van der Waals surface area contributed by atoms with Gasteiger partial charge in [0.2, 0.25) is 5.91 Å². The molecule has 6 nitrogen and oxygen atoms in total. The number of aromatic amines is 1. The van der Waals surface area contributed by atoms with Crippen LogP contribution in [-0.2, 0) is 11.2 Å². The molecule has 3 aromatic carbocycles. The van der Waals surface area contributed by atoms with Crippen LogP contribution in [0.25, 0.3) is 10.9 Å². The van der Waals surface area contributed by atoms with Crippen LogP contribution in [0.3, 0.4) is 0 Å². The molecule has 1 aliphatic rings. The molecule has 1 aromatic heterocycles. The lowest BCUT2D eigenvalue weighted by molar-refractivity contribution is -0.115. The van der Waals surface area contributed by atoms with E-state index < -0.39 is 0 Å². The van der Waals surface area contributed by atoms with Crippen LogP contribution in [0.1, 0.15) is 23.1 Å². The molecule has 0 saturated carbocycles. The summed E-state index contributed by atoms with van der Waals surface area (Å²) in [4.78, 5) is 12.7. The van der Waals surface area contributed by atoms with E-state index in [1.165, 1.54) is 0 Å². The summed E-state index contributed by atoms with van der Waals surface area (Å²) in [6.45, 7) is 1.24. The summed E-state index contributed by atoms with van der Waals surface area (Å²) < 4.78 is 11.4. The number of nitrogens with one attached hydrogen (secondary N) is 2. The summed E-state index contributed by atoms with van der Waals surface area (Å²) in [5.74, 6) is 8.04. The Morgan fingerprint density at radius 3 is 2.62 bits per heavy atom. The van der Waals surface area contributed by atoms with Crippen molar-refractivity contribution in [1.82, 2.24) is 10.2 Å². The van der Waals surface area contributed by atoms with Gasteiger partial charge in [0.1, 0.15) is 0 Å². The van der Waals surface area contributed by atoms with Crippen LogP contribution in [0.15, 0.2) is 66.7 Å². The maximum atomic E-state index is 12.7. The zero-order chi connectivity index (χ0) is 21.8. The first-order valence-electron chi connectivity index (χ1n) is 10.5. The number of hydrogen-bond acceptors (Lipinski definition) is 4. The second kappa shape index (κ2) is 8.86. The van der Waals surface area contributed by atoms with Crippen LogP contribution in [0.2, 0.25) is 0 Å². The topological polar surface area (TPSA) is 76.2 Å². The summed E-state index contributed by atoms with van der Waals surface area (Å²) in [5.41, 5.74) is 3.48. The molecule has 0 unspecified atom stereocenters. The third kappa shape index (κ3) is 4.42. The summed E-state index contributed by atoms with van der Waals surface area (Å²) in [7, 11) is 0. The molecule has 1 amide bonds. The Morgan fingerprint density at radius 1 is 0.938 bits per heavy atom. The second-order valence-electron chi connectivity index (χ2n) is 7.51. The first-order valence-corrected chi connectivity index (χ1v) is 10.5. The lowest BCUT2D eigenvalue weighted by Gasteiger charge is -2.09. The van der Waals surface area contributed by atoms with E-state index in [-0.39, 0.29) is 12.3 Å². The van der Waals surface area contributed by atoms with E-state index in [9.17, 15) is 4.79 Å². The maximum Gasteiger partial charge on any atom is 0.230 e. The molecule has 0 saturated heterocycles. The average molecular weight is 423 g/mol. The fourth-order valence-electron chi connectivity index (χ4n) is 3.53. The minimum absolute atomic E-state index is 0.159. The molecular formula is C26H21N3O3. The van der Waals surface area contributed by atoms with Gasteiger partial charge >= 0.3 is 0 Å². The Morgan fingerprint density at radius 2 is 1.75 bits per heavy atom. The normalized spacial score (nSPS) is 12.5. The van der Waals surface area contributed by atoms with Crippen molar-refractivity contribution in [2.24, 2.45) is 0 Å². The van der Waals surface area contributed by atoms with Crippen molar-refractivity contribution in [2.75, 3.05) is 18.5 Å². The van der Waals surface area contributed by atoms with Crippen LogP contribution >= 0.6 is 0 Å². The second-order valence-corrected chi connectivity index (χ2v) is 7.51. The monoisotopic (exact) mass is 423 g/mol. The minimum atomic E-state index is -0.159. The number of nitrogens with zero attached hydrogens (tertiary/aromatic N) is 1. The van der Waals surface area contributed by atoms with Gasteiger partial charge in [0.15, 0.2) is 17.3 Å². The van der Waals surface area contributed by atoms with Crippen LogP contribution < -0.4 is 14.8 Å². The van der Waals surface area contributed by atoms with E-state index in [0.717, 1.165) is 34.0 Å². The number of ether oxygens (including phenoxy) is 2. The van der Waals surface area contributed by atoms with Crippen molar-refractivity contribution >= 4 is 22.6 Å². The highest BCUT2D eigenvalue weighted by Gasteiger charge is 2.14. The number of carbonyl (C=O) groups is 1. The predicted octanol–water partition coefficient (Wildman–Crippen LogP) is 4.31. The van der Waals surface area contributed by atoms with Crippen LogP contribution in [0, 0.1) is 11.8 Å². The number of aromatic nitrogens is 2. The summed E-state index contributed by atoms with van der Waals surface area (Å²) in [5, 5.41) is 10.9. The Hall–Kier alpha value is -4.24. The van der Waals surface area contributed by atoms with Gasteiger partial charge < -0.3 is 14.8 Å². The molecule has 6 heteroatoms. The maximum absolute atomic E-state index is 12.7. The van der Waals surface area contributed by atoms with Gasteiger partial charge in [-0.1, -0.05) is 36.1 Å². The molecule has 0 aliphatic carbocycles. The molecule has 4 aromatic rings. The molecule has 32 heavy (non-hydrogen) atoms. The van der Waals surface area contributed by atoms with Crippen molar-refractivity contribution in [3.8, 4) is 23.3 Å². The fourth-order valence-corrected chi connectivity index (χ4v) is 3.53. The first kappa shape index (κ1) is 19.7. The number of fused-ring (bicyclic) bond motifs is 2. The standard InChI is InChI=1S/C26H21N3O3/c30-25(17-20-10-12-23-24(16-20)32-14-4-13-31-23)27-26-21-15-19(9-11-22(21)28-29-26)8-7-18-5-2-1-3-6-18/h1-3,5-6,9-12,15-16H,4,13-14,17H2,(H2,27,28,29,30). The Kier molecular flexibility index (Phi) is 5.46. The van der Waals surface area contributed by atoms with Crippen molar-refractivity contribution in [3.63, 3.8) is 0 Å². The zero-order valence-electron chi connectivity index (χ0n) is 17.4. The molecule has 1 aliphatic heterocycles. The van der Waals surface area contributed by atoms with Crippen LogP contribution in [0.4, 0.5) is 5.82 Å². The van der Waals surface area contributed by atoms with Crippen molar-refractivity contribution < 1.29 is 14.3 Å². The highest BCUT2D eigenvalue weighted by molar-refractivity contribution is 6.00. The van der Waals surface area contributed by atoms with E-state index in [2.05, 4.69) is 27.4 Å².